The smallest absolute Gasteiger partial charge is 0.338 e. The largest absolute Gasteiger partial charge is 0.490 e. The lowest BCUT2D eigenvalue weighted by Crippen LogP contribution is -2.40. The van der Waals surface area contributed by atoms with Gasteiger partial charge in [-0.05, 0) is 66.0 Å². The summed E-state index contributed by atoms with van der Waals surface area (Å²) >= 11 is 5.83. The van der Waals surface area contributed by atoms with E-state index in [9.17, 15) is 14.4 Å². The molecule has 0 unspecified atom stereocenters. The van der Waals surface area contributed by atoms with Crippen molar-refractivity contribution >= 4 is 45.8 Å². The Morgan fingerprint density at radius 1 is 0.765 bits per heavy atom. The molecule has 0 saturated heterocycles. The highest BCUT2D eigenvalue weighted by molar-refractivity contribution is 6.35. The fourth-order valence-electron chi connectivity index (χ4n) is 3.92. The molecule has 4 aromatic carbocycles. The normalized spacial score (nSPS) is 12.7. The fourth-order valence-corrected chi connectivity index (χ4v) is 4.05. The van der Waals surface area contributed by atoms with Crippen molar-refractivity contribution in [3.05, 3.63) is 107 Å². The van der Waals surface area contributed by atoms with Gasteiger partial charge in [0, 0.05) is 21.5 Å². The Hall–Kier alpha value is -4.16. The quantitative estimate of drug-likeness (QED) is 0.210. The zero-order chi connectivity index (χ0) is 23.7. The number of benzene rings is 4. The fraction of sp³-hybridized carbons (Fsp3) is 0.0741. The number of halogens is 1. The standard InChI is InChI=1S/C27H18ClNO5/c28-19-9-13-21(14-10-19)33-15-16-34-27(32)18-7-11-20(12-8-18)29-25(30)22-5-1-3-17-4-2-6-23(24(17)22)26(29)31/h1-14H,15-16H2. The van der Waals surface area contributed by atoms with E-state index in [1.54, 1.807) is 60.7 Å². The Morgan fingerprint density at radius 2 is 1.38 bits per heavy atom. The van der Waals surface area contributed by atoms with Crippen LogP contribution >= 0.6 is 11.6 Å². The van der Waals surface area contributed by atoms with Crippen LogP contribution in [-0.4, -0.2) is 31.0 Å². The molecule has 0 aliphatic carbocycles. The van der Waals surface area contributed by atoms with Gasteiger partial charge in [-0.1, -0.05) is 35.9 Å². The van der Waals surface area contributed by atoms with Crippen LogP contribution in [0.5, 0.6) is 5.75 Å². The molecule has 0 aromatic heterocycles. The molecular weight excluding hydrogens is 454 g/mol. The van der Waals surface area contributed by atoms with Crippen LogP contribution in [0, 0.1) is 0 Å². The summed E-state index contributed by atoms with van der Waals surface area (Å²) in [5.41, 5.74) is 1.62. The van der Waals surface area contributed by atoms with Gasteiger partial charge in [-0.25, -0.2) is 9.69 Å². The third kappa shape index (κ3) is 4.00. The third-order valence-corrected chi connectivity index (χ3v) is 5.78. The Morgan fingerprint density at radius 3 is 2.00 bits per heavy atom. The Bertz CT molecular complexity index is 1360. The van der Waals surface area contributed by atoms with Crippen molar-refractivity contribution in [3.63, 3.8) is 0 Å². The Kier molecular flexibility index (Phi) is 5.74. The lowest BCUT2D eigenvalue weighted by Gasteiger charge is -2.27. The topological polar surface area (TPSA) is 72.9 Å². The average molecular weight is 472 g/mol. The van der Waals surface area contributed by atoms with E-state index in [-0.39, 0.29) is 13.2 Å². The molecule has 34 heavy (non-hydrogen) atoms. The molecular formula is C27H18ClNO5. The third-order valence-electron chi connectivity index (χ3n) is 5.53. The molecule has 168 valence electrons. The maximum Gasteiger partial charge on any atom is 0.338 e. The van der Waals surface area contributed by atoms with Crippen molar-refractivity contribution in [3.8, 4) is 5.75 Å². The van der Waals surface area contributed by atoms with Crippen molar-refractivity contribution in [2.75, 3.05) is 18.1 Å². The molecule has 6 nitrogen and oxygen atoms in total. The summed E-state index contributed by atoms with van der Waals surface area (Å²) in [6.07, 6.45) is 0. The molecule has 0 atom stereocenters. The number of hydrogen-bond acceptors (Lipinski definition) is 5. The predicted molar refractivity (Wildman–Crippen MR) is 129 cm³/mol. The van der Waals surface area contributed by atoms with Crippen LogP contribution in [0.3, 0.4) is 0 Å². The number of amides is 2. The summed E-state index contributed by atoms with van der Waals surface area (Å²) in [7, 11) is 0. The maximum atomic E-state index is 13.1. The van der Waals surface area contributed by atoms with E-state index in [4.69, 9.17) is 21.1 Å². The van der Waals surface area contributed by atoms with E-state index in [0.29, 0.717) is 38.5 Å². The van der Waals surface area contributed by atoms with Crippen molar-refractivity contribution in [1.29, 1.82) is 0 Å². The van der Waals surface area contributed by atoms with Crippen molar-refractivity contribution in [2.45, 2.75) is 0 Å². The lowest BCUT2D eigenvalue weighted by molar-refractivity contribution is 0.0450. The summed E-state index contributed by atoms with van der Waals surface area (Å²) in [5.74, 6) is -0.705. The summed E-state index contributed by atoms with van der Waals surface area (Å²) in [6.45, 7) is 0.250. The van der Waals surface area contributed by atoms with Gasteiger partial charge >= 0.3 is 5.97 Å². The number of rotatable bonds is 6. The summed E-state index contributed by atoms with van der Waals surface area (Å²) < 4.78 is 10.8. The van der Waals surface area contributed by atoms with Gasteiger partial charge in [-0.2, -0.15) is 0 Å². The molecule has 0 bridgehead atoms. The molecule has 4 aromatic rings. The van der Waals surface area contributed by atoms with Gasteiger partial charge in [0.05, 0.1) is 11.3 Å². The SMILES string of the molecule is O=C(OCCOc1ccc(Cl)cc1)c1ccc(N2C(=O)c3cccc4cccc(c34)C2=O)cc1. The summed E-state index contributed by atoms with van der Waals surface area (Å²) in [4.78, 5) is 39.8. The van der Waals surface area contributed by atoms with Crippen LogP contribution in [0.25, 0.3) is 10.8 Å². The van der Waals surface area contributed by atoms with Gasteiger partial charge in [-0.15, -0.1) is 0 Å². The highest BCUT2D eigenvalue weighted by Gasteiger charge is 2.33. The summed E-state index contributed by atoms with van der Waals surface area (Å²) in [5, 5.41) is 2.11. The maximum absolute atomic E-state index is 13.1. The van der Waals surface area contributed by atoms with Crippen molar-refractivity contribution in [2.24, 2.45) is 0 Å². The monoisotopic (exact) mass is 471 g/mol. The Balaban J connectivity index is 1.26. The molecule has 0 radical (unpaired) electrons. The molecule has 7 heteroatoms. The lowest BCUT2D eigenvalue weighted by atomic mass is 9.94. The van der Waals surface area contributed by atoms with E-state index in [1.807, 2.05) is 12.1 Å². The average Bonchev–Trinajstić information content (AvgIpc) is 2.86. The van der Waals surface area contributed by atoms with Crippen LogP contribution in [0.4, 0.5) is 5.69 Å². The second-order valence-corrected chi connectivity index (χ2v) is 8.08. The van der Waals surface area contributed by atoms with Gasteiger partial charge in [0.1, 0.15) is 19.0 Å². The molecule has 0 spiro atoms. The van der Waals surface area contributed by atoms with Crippen LogP contribution in [0.2, 0.25) is 5.02 Å². The molecule has 0 N–H and O–H groups in total. The number of carbonyl (C=O) groups is 3. The van der Waals surface area contributed by atoms with E-state index < -0.39 is 17.8 Å². The van der Waals surface area contributed by atoms with Crippen LogP contribution in [-0.2, 0) is 4.74 Å². The molecule has 1 heterocycles. The number of nitrogens with zero attached hydrogens (tertiary/aromatic N) is 1. The second-order valence-electron chi connectivity index (χ2n) is 7.64. The first-order valence-corrected chi connectivity index (χ1v) is 11.0. The Labute approximate surface area is 200 Å². The van der Waals surface area contributed by atoms with Gasteiger partial charge in [0.15, 0.2) is 0 Å². The van der Waals surface area contributed by atoms with Crippen molar-refractivity contribution in [1.82, 2.24) is 0 Å². The second kappa shape index (κ2) is 9.00. The number of imide groups is 1. The molecule has 1 aliphatic heterocycles. The number of ether oxygens (including phenoxy) is 2. The van der Waals surface area contributed by atoms with Gasteiger partial charge < -0.3 is 9.47 Å². The van der Waals surface area contributed by atoms with E-state index in [0.717, 1.165) is 10.3 Å². The van der Waals surface area contributed by atoms with Gasteiger partial charge in [0.2, 0.25) is 0 Å². The van der Waals surface area contributed by atoms with Crippen LogP contribution < -0.4 is 9.64 Å². The number of anilines is 1. The van der Waals surface area contributed by atoms with E-state index in [2.05, 4.69) is 0 Å². The molecule has 0 saturated carbocycles. The van der Waals surface area contributed by atoms with Crippen molar-refractivity contribution < 1.29 is 23.9 Å². The molecule has 1 aliphatic rings. The van der Waals surface area contributed by atoms with Gasteiger partial charge in [-0.3, -0.25) is 9.59 Å². The summed E-state index contributed by atoms with van der Waals surface area (Å²) in [6, 6.07) is 23.8. The van der Waals surface area contributed by atoms with Crippen LogP contribution in [0.15, 0.2) is 84.9 Å². The first-order valence-electron chi connectivity index (χ1n) is 10.6. The highest BCUT2D eigenvalue weighted by Crippen LogP contribution is 2.32. The molecule has 2 amide bonds. The first kappa shape index (κ1) is 21.7. The minimum atomic E-state index is -0.530. The van der Waals surface area contributed by atoms with Crippen LogP contribution in [0.1, 0.15) is 31.1 Å². The minimum Gasteiger partial charge on any atom is -0.490 e. The number of esters is 1. The van der Waals surface area contributed by atoms with Gasteiger partial charge in [0.25, 0.3) is 11.8 Å². The molecule has 0 fully saturated rings. The zero-order valence-corrected chi connectivity index (χ0v) is 18.6. The highest BCUT2D eigenvalue weighted by atomic mass is 35.5. The molecule has 5 rings (SSSR count). The minimum absolute atomic E-state index is 0.0626. The first-order chi connectivity index (χ1) is 16.5. The number of carbonyl (C=O) groups excluding carboxylic acids is 3. The van der Waals surface area contributed by atoms with E-state index in [1.165, 1.54) is 12.1 Å². The predicted octanol–water partition coefficient (Wildman–Crippen LogP) is 5.53. The number of hydrogen-bond donors (Lipinski definition) is 0. The van der Waals surface area contributed by atoms with E-state index >= 15 is 0 Å². The zero-order valence-electron chi connectivity index (χ0n) is 17.9.